The molecule has 16 heavy (non-hydrogen) atoms. The molecule has 9 heteroatoms. The zero-order chi connectivity index (χ0) is 12.2. The molecule has 0 fully saturated rings. The van der Waals surface area contributed by atoms with Gasteiger partial charge in [-0.3, -0.25) is 4.79 Å². The van der Waals surface area contributed by atoms with E-state index in [0.29, 0.717) is 5.03 Å². The Balaban J connectivity index is 2.53. The van der Waals surface area contributed by atoms with E-state index in [9.17, 15) is 13.2 Å². The van der Waals surface area contributed by atoms with Gasteiger partial charge in [0.2, 0.25) is 10.0 Å². The van der Waals surface area contributed by atoms with Crippen LogP contribution in [-0.2, 0) is 10.0 Å². The van der Waals surface area contributed by atoms with Crippen LogP contribution in [0.3, 0.4) is 0 Å². The van der Waals surface area contributed by atoms with Gasteiger partial charge in [0.15, 0.2) is 5.69 Å². The number of sulfonamides is 1. The minimum atomic E-state index is -3.46. The van der Waals surface area contributed by atoms with Gasteiger partial charge in [-0.25, -0.2) is 13.6 Å². The van der Waals surface area contributed by atoms with Crippen LogP contribution in [0.5, 0.6) is 0 Å². The summed E-state index contributed by atoms with van der Waals surface area (Å²) in [4.78, 5) is 10.7. The average molecular weight is 262 g/mol. The maximum absolute atomic E-state index is 10.7. The Bertz CT molecular complexity index is 471. The van der Waals surface area contributed by atoms with Crippen LogP contribution in [0.15, 0.2) is 17.2 Å². The molecule has 7 nitrogen and oxygen atoms in total. The molecular formula is C7H10N4O3S2. The zero-order valence-electron chi connectivity index (χ0n) is 8.16. The van der Waals surface area contributed by atoms with E-state index in [2.05, 4.69) is 10.2 Å². The molecule has 0 saturated heterocycles. The monoisotopic (exact) mass is 262 g/mol. The Morgan fingerprint density at radius 1 is 1.38 bits per heavy atom. The molecule has 1 heterocycles. The lowest BCUT2D eigenvalue weighted by Gasteiger charge is -1.99. The third kappa shape index (κ3) is 4.55. The van der Waals surface area contributed by atoms with E-state index in [4.69, 9.17) is 10.9 Å². The maximum Gasteiger partial charge on any atom is 0.269 e. The summed E-state index contributed by atoms with van der Waals surface area (Å²) in [5.74, 6) is -0.519. The van der Waals surface area contributed by atoms with E-state index >= 15 is 0 Å². The summed E-state index contributed by atoms with van der Waals surface area (Å²) < 4.78 is 21.3. The smallest absolute Gasteiger partial charge is 0.269 e. The molecular weight excluding hydrogens is 252 g/mol. The molecule has 0 aliphatic carbocycles. The first kappa shape index (κ1) is 12.9. The number of primary amides is 1. The Labute approximate surface area is 96.7 Å². The third-order valence-electron chi connectivity index (χ3n) is 1.51. The number of carbonyl (C=O) groups is 1. The first-order valence-electron chi connectivity index (χ1n) is 4.15. The normalized spacial score (nSPS) is 11.3. The van der Waals surface area contributed by atoms with Crippen LogP contribution >= 0.6 is 11.8 Å². The molecule has 1 aromatic heterocycles. The summed E-state index contributed by atoms with van der Waals surface area (Å²) in [5.41, 5.74) is 5.04. The van der Waals surface area contributed by atoms with Gasteiger partial charge < -0.3 is 5.73 Å². The number of amides is 1. The standard InChI is InChI=1S/C7H10N4O3S2/c8-7(12)5-1-2-6(11-10-5)15-3-4-16(9,13)14/h1-2H,3-4H2,(H2,8,12)(H2,9,13,14). The molecule has 0 aliphatic rings. The molecule has 1 rings (SSSR count). The van der Waals surface area contributed by atoms with Crippen molar-refractivity contribution in [2.24, 2.45) is 10.9 Å². The van der Waals surface area contributed by atoms with Gasteiger partial charge in [0.1, 0.15) is 5.03 Å². The summed E-state index contributed by atoms with van der Waals surface area (Å²) >= 11 is 1.18. The van der Waals surface area contributed by atoms with E-state index in [1.165, 1.54) is 17.8 Å². The van der Waals surface area contributed by atoms with Crippen molar-refractivity contribution in [3.63, 3.8) is 0 Å². The Hall–Kier alpha value is -1.19. The van der Waals surface area contributed by atoms with Crippen molar-refractivity contribution in [3.05, 3.63) is 17.8 Å². The first-order valence-corrected chi connectivity index (χ1v) is 6.85. The summed E-state index contributed by atoms with van der Waals surface area (Å²) in [5, 5.41) is 12.6. The van der Waals surface area contributed by atoms with E-state index < -0.39 is 15.9 Å². The van der Waals surface area contributed by atoms with Crippen molar-refractivity contribution in [1.82, 2.24) is 10.2 Å². The largest absolute Gasteiger partial charge is 0.364 e. The van der Waals surface area contributed by atoms with Gasteiger partial charge in [-0.2, -0.15) is 0 Å². The molecule has 0 aromatic carbocycles. The molecule has 0 bridgehead atoms. The molecule has 1 amide bonds. The highest BCUT2D eigenvalue weighted by molar-refractivity contribution is 8.00. The van der Waals surface area contributed by atoms with Crippen LogP contribution in [0.25, 0.3) is 0 Å². The molecule has 1 aromatic rings. The summed E-state index contributed by atoms with van der Waals surface area (Å²) in [7, 11) is -3.46. The second-order valence-corrected chi connectivity index (χ2v) is 5.69. The SMILES string of the molecule is NC(=O)c1ccc(SCCS(N)(=O)=O)nn1. The van der Waals surface area contributed by atoms with Crippen molar-refractivity contribution in [2.75, 3.05) is 11.5 Å². The molecule has 0 saturated carbocycles. The van der Waals surface area contributed by atoms with Gasteiger partial charge in [0.25, 0.3) is 5.91 Å². The Morgan fingerprint density at radius 3 is 2.50 bits per heavy atom. The topological polar surface area (TPSA) is 129 Å². The molecule has 0 unspecified atom stereocenters. The minimum absolute atomic E-state index is 0.0656. The lowest BCUT2D eigenvalue weighted by molar-refractivity contribution is 0.0994. The average Bonchev–Trinajstić information content (AvgIpc) is 2.16. The highest BCUT2D eigenvalue weighted by Crippen LogP contribution is 2.13. The number of hydrogen-bond acceptors (Lipinski definition) is 6. The van der Waals surface area contributed by atoms with Crippen molar-refractivity contribution in [2.45, 2.75) is 5.03 Å². The quantitative estimate of drug-likeness (QED) is 0.652. The highest BCUT2D eigenvalue weighted by Gasteiger charge is 2.06. The van der Waals surface area contributed by atoms with Gasteiger partial charge in [-0.1, -0.05) is 0 Å². The van der Waals surface area contributed by atoms with Crippen LogP contribution < -0.4 is 10.9 Å². The number of hydrogen-bond donors (Lipinski definition) is 2. The minimum Gasteiger partial charge on any atom is -0.364 e. The number of nitrogens with zero attached hydrogens (tertiary/aromatic N) is 2. The van der Waals surface area contributed by atoms with Crippen LogP contribution in [-0.4, -0.2) is 36.0 Å². The second-order valence-electron chi connectivity index (χ2n) is 2.84. The number of primary sulfonamides is 1. The molecule has 4 N–H and O–H groups in total. The predicted molar refractivity (Wildman–Crippen MR) is 59.2 cm³/mol. The summed E-state index contributed by atoms with van der Waals surface area (Å²) in [6, 6.07) is 2.97. The second kappa shape index (κ2) is 5.23. The molecule has 0 aliphatic heterocycles. The maximum atomic E-state index is 10.7. The lowest BCUT2D eigenvalue weighted by Crippen LogP contribution is -2.18. The van der Waals surface area contributed by atoms with Crippen LogP contribution in [0.1, 0.15) is 10.5 Å². The van der Waals surface area contributed by atoms with Gasteiger partial charge in [-0.15, -0.1) is 22.0 Å². The number of aromatic nitrogens is 2. The third-order valence-corrected chi connectivity index (χ3v) is 3.46. The molecule has 88 valence electrons. The van der Waals surface area contributed by atoms with Crippen LogP contribution in [0, 0.1) is 0 Å². The first-order chi connectivity index (χ1) is 7.38. The zero-order valence-corrected chi connectivity index (χ0v) is 9.79. The van der Waals surface area contributed by atoms with Crippen LogP contribution in [0.4, 0.5) is 0 Å². The predicted octanol–water partition coefficient (Wildman–Crippen LogP) is -1.04. The van der Waals surface area contributed by atoms with Gasteiger partial charge in [0, 0.05) is 5.75 Å². The van der Waals surface area contributed by atoms with Crippen molar-refractivity contribution >= 4 is 27.7 Å². The fraction of sp³-hybridized carbons (Fsp3) is 0.286. The lowest BCUT2D eigenvalue weighted by atomic mass is 10.4. The highest BCUT2D eigenvalue weighted by atomic mass is 32.2. The number of thioether (sulfide) groups is 1. The van der Waals surface area contributed by atoms with Crippen molar-refractivity contribution < 1.29 is 13.2 Å². The Kier molecular flexibility index (Phi) is 4.21. The van der Waals surface area contributed by atoms with Crippen LogP contribution in [0.2, 0.25) is 0 Å². The summed E-state index contributed by atoms with van der Waals surface area (Å²) in [6.45, 7) is 0. The van der Waals surface area contributed by atoms with E-state index in [-0.39, 0.29) is 17.2 Å². The number of carbonyl (C=O) groups excluding carboxylic acids is 1. The van der Waals surface area contributed by atoms with Gasteiger partial charge in [-0.05, 0) is 12.1 Å². The number of nitrogens with two attached hydrogens (primary N) is 2. The van der Waals surface area contributed by atoms with E-state index in [1.807, 2.05) is 0 Å². The fourth-order valence-electron chi connectivity index (χ4n) is 0.791. The van der Waals surface area contributed by atoms with Crippen molar-refractivity contribution in [1.29, 1.82) is 0 Å². The Morgan fingerprint density at radius 2 is 2.06 bits per heavy atom. The summed E-state index contributed by atoms with van der Waals surface area (Å²) in [6.07, 6.45) is 0. The van der Waals surface area contributed by atoms with E-state index in [0.717, 1.165) is 0 Å². The molecule has 0 spiro atoms. The van der Waals surface area contributed by atoms with Gasteiger partial charge >= 0.3 is 0 Å². The van der Waals surface area contributed by atoms with Gasteiger partial charge in [0.05, 0.1) is 5.75 Å². The molecule has 0 atom stereocenters. The van der Waals surface area contributed by atoms with E-state index in [1.54, 1.807) is 6.07 Å². The molecule has 0 radical (unpaired) electrons. The number of rotatable bonds is 5. The fourth-order valence-corrected chi connectivity index (χ4v) is 2.53. The van der Waals surface area contributed by atoms with Crippen molar-refractivity contribution in [3.8, 4) is 0 Å².